The normalized spacial score (nSPS) is 14.7. The lowest BCUT2D eigenvalue weighted by Gasteiger charge is -2.29. The van der Waals surface area contributed by atoms with Crippen molar-refractivity contribution < 1.29 is 32.5 Å². The first-order chi connectivity index (χ1) is 15.3. The Hall–Kier alpha value is -3.44. The van der Waals surface area contributed by atoms with Crippen molar-refractivity contribution in [3.8, 4) is 5.75 Å². The van der Waals surface area contributed by atoms with Crippen molar-refractivity contribution in [3.63, 3.8) is 0 Å². The molecule has 2 aromatic rings. The highest BCUT2D eigenvalue weighted by Gasteiger charge is 2.31. The molecule has 0 spiro atoms. The zero-order valence-electron chi connectivity index (χ0n) is 18.4. The zero-order chi connectivity index (χ0) is 24.6. The Labute approximate surface area is 191 Å². The lowest BCUT2D eigenvalue weighted by atomic mass is 9.84. The largest absolute Gasteiger partial charge is 0.507 e. The van der Waals surface area contributed by atoms with Crippen LogP contribution in [0.4, 0.5) is 16.2 Å². The number of carbonyl (C=O) groups excluding carboxylic acids is 3. The van der Waals surface area contributed by atoms with Crippen molar-refractivity contribution >= 4 is 39.3 Å². The van der Waals surface area contributed by atoms with Crippen LogP contribution < -0.4 is 15.5 Å². The topological polar surface area (TPSA) is 153 Å². The molecule has 1 saturated heterocycles. The number of anilines is 2. The Morgan fingerprint density at radius 3 is 2.33 bits per heavy atom. The van der Waals surface area contributed by atoms with E-state index < -0.39 is 39.1 Å². The number of amides is 4. The van der Waals surface area contributed by atoms with Crippen LogP contribution in [-0.2, 0) is 26.1 Å². The number of rotatable bonds is 5. The van der Waals surface area contributed by atoms with Crippen molar-refractivity contribution in [3.05, 3.63) is 53.1 Å². The Bertz CT molecular complexity index is 1200. The molecule has 0 aromatic heterocycles. The summed E-state index contributed by atoms with van der Waals surface area (Å²) in [5, 5.41) is 16.0. The minimum atomic E-state index is -4.19. The number of hydrogen-bond acceptors (Lipinski definition) is 6. The number of urea groups is 1. The van der Waals surface area contributed by atoms with Gasteiger partial charge in [0.1, 0.15) is 11.5 Å². The van der Waals surface area contributed by atoms with Crippen molar-refractivity contribution in [1.29, 1.82) is 0 Å². The Morgan fingerprint density at radius 1 is 1.15 bits per heavy atom. The predicted molar refractivity (Wildman–Crippen MR) is 122 cm³/mol. The molecule has 1 fully saturated rings. The maximum absolute atomic E-state index is 13.0. The van der Waals surface area contributed by atoms with Gasteiger partial charge < -0.3 is 15.7 Å². The minimum Gasteiger partial charge on any atom is -0.507 e. The van der Waals surface area contributed by atoms with E-state index in [1.165, 1.54) is 36.4 Å². The molecule has 3 rings (SSSR count). The van der Waals surface area contributed by atoms with Gasteiger partial charge in [0.05, 0.1) is 11.3 Å². The molecule has 0 saturated carbocycles. The third kappa shape index (κ3) is 5.68. The lowest BCUT2D eigenvalue weighted by molar-refractivity contribution is -0.118. The zero-order valence-corrected chi connectivity index (χ0v) is 19.2. The van der Waals surface area contributed by atoms with Gasteiger partial charge in [-0.2, -0.15) is 8.42 Å². The second-order valence-corrected chi connectivity index (χ2v) is 10.2. The molecule has 4 amide bonds. The van der Waals surface area contributed by atoms with Crippen LogP contribution >= 0.6 is 0 Å². The van der Waals surface area contributed by atoms with Gasteiger partial charge >= 0.3 is 6.03 Å². The van der Waals surface area contributed by atoms with Crippen molar-refractivity contribution in [2.45, 2.75) is 38.4 Å². The summed E-state index contributed by atoms with van der Waals surface area (Å²) in [4.78, 5) is 38.7. The third-order valence-electron chi connectivity index (χ3n) is 5.03. The average Bonchev–Trinajstić information content (AvgIpc) is 2.68. The average molecular weight is 476 g/mol. The molecule has 11 heteroatoms. The maximum Gasteiger partial charge on any atom is 0.328 e. The SMILES string of the molecule is CC(C)(C)c1cc(N2C(=O)CCNC2=O)cc(C(=O)Nc2ccc(CS(=O)(=O)O)cc2)c1O. The van der Waals surface area contributed by atoms with E-state index in [4.69, 9.17) is 4.55 Å². The predicted octanol–water partition coefficient (Wildman–Crippen LogP) is 2.78. The Kier molecular flexibility index (Phi) is 6.48. The summed E-state index contributed by atoms with van der Waals surface area (Å²) in [6, 6.07) is 7.93. The molecule has 1 heterocycles. The number of carbonyl (C=O) groups is 3. The second-order valence-electron chi connectivity index (χ2n) is 8.73. The second kappa shape index (κ2) is 8.83. The van der Waals surface area contributed by atoms with Crippen LogP contribution in [0.3, 0.4) is 0 Å². The number of phenolic OH excluding ortho intramolecular Hbond substituents is 1. The number of benzene rings is 2. The smallest absolute Gasteiger partial charge is 0.328 e. The van der Waals surface area contributed by atoms with Gasteiger partial charge in [0.15, 0.2) is 0 Å². The van der Waals surface area contributed by atoms with Crippen LogP contribution in [0.1, 0.15) is 48.7 Å². The molecule has 2 aromatic carbocycles. The molecule has 1 aliphatic heterocycles. The standard InChI is InChI=1S/C22H25N3O7S/c1-22(2,3)17-11-15(25-18(26)8-9-23-21(25)29)10-16(19(17)27)20(28)24-14-6-4-13(5-7-14)12-33(30,31)32/h4-7,10-11,27H,8-9,12H2,1-3H3,(H,23,29)(H,24,28)(H,30,31,32). The first-order valence-corrected chi connectivity index (χ1v) is 11.7. The van der Waals surface area contributed by atoms with E-state index in [9.17, 15) is 27.9 Å². The third-order valence-corrected chi connectivity index (χ3v) is 5.73. The number of nitrogens with zero attached hydrogens (tertiary/aromatic N) is 1. The molecule has 176 valence electrons. The number of nitrogens with one attached hydrogen (secondary N) is 2. The number of hydrogen-bond donors (Lipinski definition) is 4. The van der Waals surface area contributed by atoms with Crippen molar-refractivity contribution in [1.82, 2.24) is 5.32 Å². The molecule has 0 unspecified atom stereocenters. The van der Waals surface area contributed by atoms with E-state index >= 15 is 0 Å². The molecule has 10 nitrogen and oxygen atoms in total. The quantitative estimate of drug-likeness (QED) is 0.485. The van der Waals surface area contributed by atoms with Gasteiger partial charge in [-0.1, -0.05) is 32.9 Å². The van der Waals surface area contributed by atoms with E-state index in [1.807, 2.05) is 20.8 Å². The van der Waals surface area contributed by atoms with Crippen LogP contribution in [-0.4, -0.2) is 42.5 Å². The summed E-state index contributed by atoms with van der Waals surface area (Å²) in [6.45, 7) is 5.68. The van der Waals surface area contributed by atoms with Crippen LogP contribution in [0.2, 0.25) is 0 Å². The van der Waals surface area contributed by atoms with Crippen LogP contribution in [0.5, 0.6) is 5.75 Å². The Balaban J connectivity index is 1.98. The van der Waals surface area contributed by atoms with Gasteiger partial charge in [0.25, 0.3) is 16.0 Å². The highest BCUT2D eigenvalue weighted by Crippen LogP contribution is 2.38. The molecule has 0 aliphatic carbocycles. The van der Waals surface area contributed by atoms with Crippen LogP contribution in [0, 0.1) is 0 Å². The molecular weight excluding hydrogens is 450 g/mol. The number of aromatic hydroxyl groups is 1. The minimum absolute atomic E-state index is 0.106. The van der Waals surface area contributed by atoms with Gasteiger partial charge in [-0.05, 0) is 35.2 Å². The maximum atomic E-state index is 13.0. The van der Waals surface area contributed by atoms with Gasteiger partial charge in [-0.3, -0.25) is 14.1 Å². The fourth-order valence-corrected chi connectivity index (χ4v) is 4.04. The van der Waals surface area contributed by atoms with Gasteiger partial charge in [0, 0.05) is 24.2 Å². The highest BCUT2D eigenvalue weighted by molar-refractivity contribution is 7.85. The summed E-state index contributed by atoms with van der Waals surface area (Å²) >= 11 is 0. The number of imide groups is 1. The van der Waals surface area contributed by atoms with Crippen LogP contribution in [0.15, 0.2) is 36.4 Å². The first-order valence-electron chi connectivity index (χ1n) is 10.1. The van der Waals surface area contributed by atoms with E-state index in [0.29, 0.717) is 16.8 Å². The summed E-state index contributed by atoms with van der Waals surface area (Å²) in [5.41, 5.74) is 0.430. The van der Waals surface area contributed by atoms with Crippen molar-refractivity contribution in [2.24, 2.45) is 0 Å². The summed E-state index contributed by atoms with van der Waals surface area (Å²) in [7, 11) is -4.19. The number of phenols is 1. The fourth-order valence-electron chi connectivity index (χ4n) is 3.43. The molecule has 0 bridgehead atoms. The molecule has 0 atom stereocenters. The van der Waals surface area contributed by atoms with E-state index in [1.54, 1.807) is 0 Å². The lowest BCUT2D eigenvalue weighted by Crippen LogP contribution is -2.50. The molecule has 0 radical (unpaired) electrons. The Morgan fingerprint density at radius 2 is 1.79 bits per heavy atom. The summed E-state index contributed by atoms with van der Waals surface area (Å²) in [5.74, 6) is -1.96. The first kappa shape index (κ1) is 24.2. The highest BCUT2D eigenvalue weighted by atomic mass is 32.2. The van der Waals surface area contributed by atoms with E-state index in [-0.39, 0.29) is 30.0 Å². The van der Waals surface area contributed by atoms with Crippen molar-refractivity contribution in [2.75, 3.05) is 16.8 Å². The van der Waals surface area contributed by atoms with Crippen LogP contribution in [0.25, 0.3) is 0 Å². The van der Waals surface area contributed by atoms with E-state index in [2.05, 4.69) is 10.6 Å². The summed E-state index contributed by atoms with van der Waals surface area (Å²) in [6.07, 6.45) is 0.106. The summed E-state index contributed by atoms with van der Waals surface area (Å²) < 4.78 is 31.0. The van der Waals surface area contributed by atoms with Gasteiger partial charge in [0.2, 0.25) is 5.91 Å². The molecule has 33 heavy (non-hydrogen) atoms. The molecular formula is C22H25N3O7S. The van der Waals surface area contributed by atoms with Gasteiger partial charge in [-0.25, -0.2) is 9.69 Å². The van der Waals surface area contributed by atoms with Gasteiger partial charge in [-0.15, -0.1) is 0 Å². The van der Waals surface area contributed by atoms with E-state index in [0.717, 1.165) is 4.90 Å². The monoisotopic (exact) mass is 475 g/mol. The molecule has 4 N–H and O–H groups in total. The molecule has 1 aliphatic rings. The fraction of sp³-hybridized carbons (Fsp3) is 0.318.